The minimum atomic E-state index is -1.85. The number of hydrogen-bond acceptors (Lipinski definition) is 4. The Kier molecular flexibility index (Phi) is 4.68. The van der Waals surface area contributed by atoms with Gasteiger partial charge in [0, 0.05) is 4.70 Å². The van der Waals surface area contributed by atoms with Crippen molar-refractivity contribution in [1.82, 2.24) is 0 Å². The average molecular weight is 337 g/mol. The molecule has 0 radical (unpaired) electrons. The summed E-state index contributed by atoms with van der Waals surface area (Å²) in [6.45, 7) is 13.3. The van der Waals surface area contributed by atoms with Gasteiger partial charge in [0.1, 0.15) is 10.6 Å². The van der Waals surface area contributed by atoms with Crippen LogP contribution in [0.5, 0.6) is 5.75 Å². The fourth-order valence-corrected chi connectivity index (χ4v) is 3.79. The maximum atomic E-state index is 11.8. The Morgan fingerprint density at radius 2 is 1.91 bits per heavy atom. The SMILES string of the molecule is CCOC(=O)c1cc2cc(O[Si](C)(C)C(C)(C)C)ccc2s1. The molecular formula is C17H24O3SSi. The smallest absolute Gasteiger partial charge is 0.348 e. The molecule has 2 aromatic rings. The standard InChI is InChI=1S/C17H24O3SSi/c1-7-19-16(18)15-11-12-10-13(8-9-14(12)21-15)20-22(5,6)17(2,3)4/h8-11H,7H2,1-6H3. The van der Waals surface area contributed by atoms with Crippen molar-refractivity contribution in [2.45, 2.75) is 45.8 Å². The van der Waals surface area contributed by atoms with E-state index in [1.54, 1.807) is 0 Å². The highest BCUT2D eigenvalue weighted by Gasteiger charge is 2.38. The molecule has 0 N–H and O–H groups in total. The van der Waals surface area contributed by atoms with E-state index in [4.69, 9.17) is 9.16 Å². The Morgan fingerprint density at radius 1 is 1.23 bits per heavy atom. The molecule has 1 heterocycles. The van der Waals surface area contributed by atoms with Crippen LogP contribution in [0, 0.1) is 0 Å². The molecule has 5 heteroatoms. The lowest BCUT2D eigenvalue weighted by atomic mass is 10.2. The lowest BCUT2D eigenvalue weighted by Gasteiger charge is -2.36. The molecule has 0 saturated carbocycles. The third-order valence-corrected chi connectivity index (χ3v) is 9.60. The van der Waals surface area contributed by atoms with Gasteiger partial charge in [-0.1, -0.05) is 20.8 Å². The molecule has 1 aromatic heterocycles. The number of fused-ring (bicyclic) bond motifs is 1. The normalized spacial score (nSPS) is 12.5. The summed E-state index contributed by atoms with van der Waals surface area (Å²) in [7, 11) is -1.85. The average Bonchev–Trinajstić information content (AvgIpc) is 2.80. The molecule has 0 atom stereocenters. The largest absolute Gasteiger partial charge is 0.543 e. The van der Waals surface area contributed by atoms with E-state index < -0.39 is 8.32 Å². The molecule has 120 valence electrons. The minimum absolute atomic E-state index is 0.159. The van der Waals surface area contributed by atoms with E-state index >= 15 is 0 Å². The summed E-state index contributed by atoms with van der Waals surface area (Å²) in [6.07, 6.45) is 0. The van der Waals surface area contributed by atoms with Gasteiger partial charge in [-0.05, 0) is 54.7 Å². The van der Waals surface area contributed by atoms with Gasteiger partial charge >= 0.3 is 5.97 Å². The Labute approximate surface area is 137 Å². The maximum Gasteiger partial charge on any atom is 0.348 e. The van der Waals surface area contributed by atoms with Gasteiger partial charge in [-0.25, -0.2) is 4.79 Å². The van der Waals surface area contributed by atoms with Crippen molar-refractivity contribution in [3.63, 3.8) is 0 Å². The molecule has 2 rings (SSSR count). The van der Waals surface area contributed by atoms with Crippen molar-refractivity contribution < 1.29 is 14.0 Å². The van der Waals surface area contributed by atoms with E-state index in [1.165, 1.54) is 11.3 Å². The quantitative estimate of drug-likeness (QED) is 0.549. The fourth-order valence-electron chi connectivity index (χ4n) is 1.84. The summed E-state index contributed by atoms with van der Waals surface area (Å²) < 4.78 is 12.5. The van der Waals surface area contributed by atoms with Crippen molar-refractivity contribution in [3.8, 4) is 5.75 Å². The summed E-state index contributed by atoms with van der Waals surface area (Å²) in [5, 5.41) is 1.19. The van der Waals surface area contributed by atoms with Crippen LogP contribution in [0.1, 0.15) is 37.4 Å². The first kappa shape index (κ1) is 17.0. The number of rotatable bonds is 4. The summed E-state index contributed by atoms with van der Waals surface area (Å²) >= 11 is 1.46. The van der Waals surface area contributed by atoms with Crippen LogP contribution < -0.4 is 4.43 Å². The second-order valence-electron chi connectivity index (χ2n) is 6.89. The van der Waals surface area contributed by atoms with Gasteiger partial charge in [0.05, 0.1) is 6.61 Å². The van der Waals surface area contributed by atoms with Gasteiger partial charge in [0.15, 0.2) is 0 Å². The molecule has 1 aromatic carbocycles. The zero-order valence-corrected chi connectivity index (χ0v) is 16.0. The van der Waals surface area contributed by atoms with E-state index in [1.807, 2.05) is 31.2 Å². The predicted molar refractivity (Wildman–Crippen MR) is 95.6 cm³/mol. The van der Waals surface area contributed by atoms with Crippen LogP contribution in [-0.2, 0) is 4.74 Å². The number of hydrogen-bond donors (Lipinski definition) is 0. The van der Waals surface area contributed by atoms with Crippen LogP contribution in [0.2, 0.25) is 18.1 Å². The van der Waals surface area contributed by atoms with Gasteiger partial charge in [0.25, 0.3) is 0 Å². The zero-order valence-electron chi connectivity index (χ0n) is 14.1. The van der Waals surface area contributed by atoms with Crippen LogP contribution >= 0.6 is 11.3 Å². The van der Waals surface area contributed by atoms with Gasteiger partial charge in [-0.2, -0.15) is 0 Å². The first-order chi connectivity index (χ1) is 10.1. The third kappa shape index (κ3) is 3.52. The van der Waals surface area contributed by atoms with E-state index in [-0.39, 0.29) is 11.0 Å². The van der Waals surface area contributed by atoms with Crippen LogP contribution in [0.25, 0.3) is 10.1 Å². The van der Waals surface area contributed by atoms with E-state index in [0.717, 1.165) is 15.8 Å². The number of carbonyl (C=O) groups is 1. The first-order valence-corrected chi connectivity index (χ1v) is 11.3. The molecule has 0 fully saturated rings. The molecule has 3 nitrogen and oxygen atoms in total. The first-order valence-electron chi connectivity index (χ1n) is 7.54. The number of benzene rings is 1. The summed E-state index contributed by atoms with van der Waals surface area (Å²) in [5.74, 6) is 0.628. The van der Waals surface area contributed by atoms with Gasteiger partial charge in [0.2, 0.25) is 8.32 Å². The number of carbonyl (C=O) groups excluding carboxylic acids is 1. The Hall–Kier alpha value is -1.33. The van der Waals surface area contributed by atoms with Crippen molar-refractivity contribution >= 4 is 35.7 Å². The molecule has 0 spiro atoms. The Bertz CT molecular complexity index is 683. The molecule has 0 amide bonds. The van der Waals surface area contributed by atoms with Crippen LogP contribution in [-0.4, -0.2) is 20.9 Å². The highest BCUT2D eigenvalue weighted by molar-refractivity contribution is 7.20. The molecule has 0 saturated heterocycles. The molecule has 0 aliphatic heterocycles. The fraction of sp³-hybridized carbons (Fsp3) is 0.471. The lowest BCUT2D eigenvalue weighted by molar-refractivity contribution is 0.0532. The van der Waals surface area contributed by atoms with Crippen LogP contribution in [0.4, 0.5) is 0 Å². The minimum Gasteiger partial charge on any atom is -0.543 e. The number of ether oxygens (including phenoxy) is 1. The molecular weight excluding hydrogens is 312 g/mol. The maximum absolute atomic E-state index is 11.8. The topological polar surface area (TPSA) is 35.5 Å². The van der Waals surface area contributed by atoms with E-state index in [9.17, 15) is 4.79 Å². The summed E-state index contributed by atoms with van der Waals surface area (Å²) in [6, 6.07) is 7.92. The Balaban J connectivity index is 2.29. The second-order valence-corrected chi connectivity index (χ2v) is 12.7. The van der Waals surface area contributed by atoms with Crippen molar-refractivity contribution in [3.05, 3.63) is 29.1 Å². The summed E-state index contributed by atoms with van der Waals surface area (Å²) in [4.78, 5) is 12.5. The Morgan fingerprint density at radius 3 is 2.50 bits per heavy atom. The van der Waals surface area contributed by atoms with Gasteiger partial charge in [-0.3, -0.25) is 0 Å². The van der Waals surface area contributed by atoms with E-state index in [2.05, 4.69) is 33.9 Å². The second kappa shape index (κ2) is 6.05. The zero-order chi connectivity index (χ0) is 16.5. The molecule has 0 aliphatic rings. The van der Waals surface area contributed by atoms with Crippen molar-refractivity contribution in [2.24, 2.45) is 0 Å². The summed E-state index contributed by atoms with van der Waals surface area (Å²) in [5.41, 5.74) is 0. The van der Waals surface area contributed by atoms with E-state index in [0.29, 0.717) is 11.5 Å². The third-order valence-electron chi connectivity index (χ3n) is 4.14. The molecule has 0 aliphatic carbocycles. The number of esters is 1. The van der Waals surface area contributed by atoms with Gasteiger partial charge in [-0.15, -0.1) is 11.3 Å². The lowest BCUT2D eigenvalue weighted by Crippen LogP contribution is -2.43. The monoisotopic (exact) mass is 336 g/mol. The molecule has 0 bridgehead atoms. The van der Waals surface area contributed by atoms with Gasteiger partial charge < -0.3 is 9.16 Å². The van der Waals surface area contributed by atoms with Crippen LogP contribution in [0.15, 0.2) is 24.3 Å². The van der Waals surface area contributed by atoms with Crippen LogP contribution in [0.3, 0.4) is 0 Å². The molecule has 22 heavy (non-hydrogen) atoms. The van der Waals surface area contributed by atoms with Crippen molar-refractivity contribution in [1.29, 1.82) is 0 Å². The predicted octanol–water partition coefficient (Wildman–Crippen LogP) is 5.46. The molecule has 0 unspecified atom stereocenters. The number of thiophene rings is 1. The van der Waals surface area contributed by atoms with Crippen molar-refractivity contribution in [2.75, 3.05) is 6.61 Å². The highest BCUT2D eigenvalue weighted by atomic mass is 32.1. The highest BCUT2D eigenvalue weighted by Crippen LogP contribution is 2.38.